The number of benzene rings is 2. The number of hydrogen-bond acceptors (Lipinski definition) is 4. The standard InChI is InChI=1S/C21H23F2N3O3S/c22-17-7-8-18(23)20(14-17)30(28,29)25-12-10-24(11-13-25)15-21(27)26-9-3-5-16-4-1-2-6-19(16)26/h1-2,4,6-8,14H,3,5,9-13,15H2. The molecule has 9 heteroatoms. The molecule has 0 N–H and O–H groups in total. The molecular formula is C21H23F2N3O3S. The Kier molecular flexibility index (Phi) is 5.86. The largest absolute Gasteiger partial charge is 0.311 e. The fourth-order valence-electron chi connectivity index (χ4n) is 4.01. The highest BCUT2D eigenvalue weighted by molar-refractivity contribution is 7.89. The van der Waals surface area contributed by atoms with Crippen molar-refractivity contribution < 1.29 is 22.0 Å². The van der Waals surface area contributed by atoms with Crippen molar-refractivity contribution >= 4 is 21.6 Å². The van der Waals surface area contributed by atoms with Crippen LogP contribution in [-0.4, -0.2) is 62.8 Å². The predicted molar refractivity (Wildman–Crippen MR) is 109 cm³/mol. The molecule has 2 aliphatic heterocycles. The Bertz CT molecular complexity index is 1050. The van der Waals surface area contributed by atoms with E-state index in [9.17, 15) is 22.0 Å². The second-order valence-electron chi connectivity index (χ2n) is 7.53. The molecule has 0 bridgehead atoms. The molecule has 0 aliphatic carbocycles. The zero-order chi connectivity index (χ0) is 21.3. The minimum Gasteiger partial charge on any atom is -0.311 e. The van der Waals surface area contributed by atoms with Gasteiger partial charge in [0.1, 0.15) is 16.5 Å². The summed E-state index contributed by atoms with van der Waals surface area (Å²) in [6.45, 7) is 1.78. The van der Waals surface area contributed by atoms with Crippen molar-refractivity contribution in [1.29, 1.82) is 0 Å². The molecule has 2 heterocycles. The molecule has 1 amide bonds. The second kappa shape index (κ2) is 8.41. The van der Waals surface area contributed by atoms with Crippen LogP contribution in [-0.2, 0) is 21.2 Å². The predicted octanol–water partition coefficient (Wildman–Crippen LogP) is 2.25. The highest BCUT2D eigenvalue weighted by Gasteiger charge is 2.32. The van der Waals surface area contributed by atoms with Gasteiger partial charge in [-0.15, -0.1) is 0 Å². The Balaban J connectivity index is 1.40. The van der Waals surface area contributed by atoms with Gasteiger partial charge in [-0.05, 0) is 42.7 Å². The first-order chi connectivity index (χ1) is 14.4. The first kappa shape index (κ1) is 20.9. The van der Waals surface area contributed by atoms with E-state index < -0.39 is 26.6 Å². The van der Waals surface area contributed by atoms with Crippen LogP contribution in [0.4, 0.5) is 14.5 Å². The van der Waals surface area contributed by atoms with Crippen LogP contribution in [0.3, 0.4) is 0 Å². The van der Waals surface area contributed by atoms with E-state index in [1.165, 1.54) is 0 Å². The zero-order valence-electron chi connectivity index (χ0n) is 16.4. The van der Waals surface area contributed by atoms with E-state index in [2.05, 4.69) is 0 Å². The van der Waals surface area contributed by atoms with E-state index in [-0.39, 0.29) is 25.5 Å². The molecule has 4 rings (SSSR count). The Labute approximate surface area is 174 Å². The van der Waals surface area contributed by atoms with Gasteiger partial charge in [-0.1, -0.05) is 18.2 Å². The van der Waals surface area contributed by atoms with Crippen LogP contribution in [0.25, 0.3) is 0 Å². The molecule has 2 aromatic carbocycles. The molecule has 1 saturated heterocycles. The van der Waals surface area contributed by atoms with Gasteiger partial charge in [-0.2, -0.15) is 4.31 Å². The van der Waals surface area contributed by atoms with Gasteiger partial charge in [0.2, 0.25) is 15.9 Å². The van der Waals surface area contributed by atoms with Crippen LogP contribution in [0.1, 0.15) is 12.0 Å². The molecule has 30 heavy (non-hydrogen) atoms. The van der Waals surface area contributed by atoms with Gasteiger partial charge in [-0.25, -0.2) is 17.2 Å². The minimum atomic E-state index is -4.13. The maximum Gasteiger partial charge on any atom is 0.246 e. The van der Waals surface area contributed by atoms with E-state index in [1.807, 2.05) is 29.2 Å². The Hall–Kier alpha value is -2.36. The summed E-state index contributed by atoms with van der Waals surface area (Å²) in [4.78, 5) is 15.9. The number of anilines is 1. The molecule has 0 spiro atoms. The number of carbonyl (C=O) groups is 1. The molecular weight excluding hydrogens is 412 g/mol. The van der Waals surface area contributed by atoms with Gasteiger partial charge in [-0.3, -0.25) is 9.69 Å². The van der Waals surface area contributed by atoms with Crippen LogP contribution < -0.4 is 4.90 Å². The molecule has 0 atom stereocenters. The number of para-hydroxylation sites is 1. The molecule has 0 saturated carbocycles. The summed E-state index contributed by atoms with van der Waals surface area (Å²) in [5.41, 5.74) is 2.10. The molecule has 0 aromatic heterocycles. The topological polar surface area (TPSA) is 60.9 Å². The number of hydrogen-bond donors (Lipinski definition) is 0. The van der Waals surface area contributed by atoms with Gasteiger partial charge in [0.25, 0.3) is 0 Å². The van der Waals surface area contributed by atoms with Crippen LogP contribution in [0.15, 0.2) is 47.4 Å². The monoisotopic (exact) mass is 435 g/mol. The number of halogens is 2. The van der Waals surface area contributed by atoms with Crippen LogP contribution in [0, 0.1) is 11.6 Å². The Morgan fingerprint density at radius 1 is 0.967 bits per heavy atom. The highest BCUT2D eigenvalue weighted by atomic mass is 32.2. The molecule has 0 radical (unpaired) electrons. The van der Waals surface area contributed by atoms with Gasteiger partial charge >= 0.3 is 0 Å². The van der Waals surface area contributed by atoms with Crippen molar-refractivity contribution in [3.8, 4) is 0 Å². The summed E-state index contributed by atoms with van der Waals surface area (Å²) in [5.74, 6) is -1.80. The Morgan fingerprint density at radius 2 is 1.70 bits per heavy atom. The fourth-order valence-corrected chi connectivity index (χ4v) is 5.51. The third-order valence-corrected chi connectivity index (χ3v) is 7.53. The number of rotatable bonds is 4. The summed E-state index contributed by atoms with van der Waals surface area (Å²) in [7, 11) is -4.13. The summed E-state index contributed by atoms with van der Waals surface area (Å²) >= 11 is 0. The summed E-state index contributed by atoms with van der Waals surface area (Å²) < 4.78 is 53.9. The number of fused-ring (bicyclic) bond motifs is 1. The smallest absolute Gasteiger partial charge is 0.246 e. The van der Waals surface area contributed by atoms with Crippen LogP contribution in [0.5, 0.6) is 0 Å². The van der Waals surface area contributed by atoms with Crippen molar-refractivity contribution in [3.63, 3.8) is 0 Å². The molecule has 6 nitrogen and oxygen atoms in total. The fraction of sp³-hybridized carbons (Fsp3) is 0.381. The molecule has 160 valence electrons. The first-order valence-electron chi connectivity index (χ1n) is 9.92. The summed E-state index contributed by atoms with van der Waals surface area (Å²) in [6, 6.07) is 10.3. The lowest BCUT2D eigenvalue weighted by atomic mass is 10.0. The van der Waals surface area contributed by atoms with E-state index in [4.69, 9.17) is 0 Å². The lowest BCUT2D eigenvalue weighted by Gasteiger charge is -2.36. The minimum absolute atomic E-state index is 0.0189. The molecule has 2 aliphatic rings. The first-order valence-corrected chi connectivity index (χ1v) is 11.4. The number of sulfonamides is 1. The van der Waals surface area contributed by atoms with Crippen molar-refractivity contribution in [2.24, 2.45) is 0 Å². The highest BCUT2D eigenvalue weighted by Crippen LogP contribution is 2.27. The van der Waals surface area contributed by atoms with E-state index >= 15 is 0 Å². The van der Waals surface area contributed by atoms with Gasteiger partial charge in [0.15, 0.2) is 0 Å². The lowest BCUT2D eigenvalue weighted by Crippen LogP contribution is -2.52. The third kappa shape index (κ3) is 4.10. The van der Waals surface area contributed by atoms with Gasteiger partial charge < -0.3 is 4.90 Å². The number of amides is 1. The maximum atomic E-state index is 14.0. The quantitative estimate of drug-likeness (QED) is 0.739. The van der Waals surface area contributed by atoms with E-state index in [1.54, 1.807) is 4.90 Å². The van der Waals surface area contributed by atoms with Crippen molar-refractivity contribution in [3.05, 3.63) is 59.7 Å². The van der Waals surface area contributed by atoms with Crippen molar-refractivity contribution in [2.45, 2.75) is 17.7 Å². The maximum absolute atomic E-state index is 14.0. The summed E-state index contributed by atoms with van der Waals surface area (Å²) in [6.07, 6.45) is 1.86. The molecule has 1 fully saturated rings. The van der Waals surface area contributed by atoms with Crippen LogP contribution in [0.2, 0.25) is 0 Å². The number of piperazine rings is 1. The van der Waals surface area contributed by atoms with Crippen LogP contribution >= 0.6 is 0 Å². The number of nitrogens with zero attached hydrogens (tertiary/aromatic N) is 3. The average molecular weight is 435 g/mol. The third-order valence-electron chi connectivity index (χ3n) is 5.61. The summed E-state index contributed by atoms with van der Waals surface area (Å²) in [5, 5.41) is 0. The van der Waals surface area contributed by atoms with E-state index in [0.717, 1.165) is 40.5 Å². The van der Waals surface area contributed by atoms with Gasteiger partial charge in [0.05, 0.1) is 6.54 Å². The SMILES string of the molecule is O=C(CN1CCN(S(=O)(=O)c2cc(F)ccc2F)CC1)N1CCCc2ccccc21. The Morgan fingerprint density at radius 3 is 2.47 bits per heavy atom. The van der Waals surface area contributed by atoms with Gasteiger partial charge in [0, 0.05) is 38.4 Å². The molecule has 2 aromatic rings. The normalized spacial score (nSPS) is 18.3. The number of aryl methyl sites for hydroxylation is 1. The molecule has 0 unspecified atom stereocenters. The lowest BCUT2D eigenvalue weighted by molar-refractivity contribution is -0.120. The van der Waals surface area contributed by atoms with Crippen molar-refractivity contribution in [2.75, 3.05) is 44.2 Å². The average Bonchev–Trinajstić information content (AvgIpc) is 2.75. The second-order valence-corrected chi connectivity index (χ2v) is 9.44. The number of carbonyl (C=O) groups excluding carboxylic acids is 1. The van der Waals surface area contributed by atoms with Crippen molar-refractivity contribution in [1.82, 2.24) is 9.21 Å². The zero-order valence-corrected chi connectivity index (χ0v) is 17.2. The van der Waals surface area contributed by atoms with E-state index in [0.29, 0.717) is 25.7 Å².